The Bertz CT molecular complexity index is 40.1. The first-order valence-corrected chi connectivity index (χ1v) is 11.2. The Labute approximate surface area is 52.6 Å². The van der Waals surface area contributed by atoms with Crippen molar-refractivity contribution in [2.45, 2.75) is 23.8 Å². The van der Waals surface area contributed by atoms with E-state index in [4.69, 9.17) is 0 Å². The van der Waals surface area contributed by atoms with Gasteiger partial charge in [0.1, 0.15) is 0 Å². The zero-order valence-corrected chi connectivity index (χ0v) is 8.34. The molecule has 0 unspecified atom stereocenters. The van der Waals surface area contributed by atoms with Gasteiger partial charge in [0.15, 0.2) is 0 Å². The molecular formula is C4H7BrZn. The molecule has 2 heteroatoms. The van der Waals surface area contributed by atoms with Crippen LogP contribution < -0.4 is 0 Å². The van der Waals surface area contributed by atoms with Crippen LogP contribution in [0.3, 0.4) is 0 Å². The van der Waals surface area contributed by atoms with E-state index >= 15 is 0 Å². The molecule has 6 heavy (non-hydrogen) atoms. The van der Waals surface area contributed by atoms with Crippen LogP contribution in [0.1, 0.15) is 19.3 Å². The van der Waals surface area contributed by atoms with Crippen molar-refractivity contribution in [2.75, 3.05) is 0 Å². The molecule has 1 aliphatic carbocycles. The second-order valence-electron chi connectivity index (χ2n) is 1.95. The van der Waals surface area contributed by atoms with Gasteiger partial charge in [-0.15, -0.1) is 0 Å². The molecular weight excluding hydrogens is 193 g/mol. The normalized spacial score (nSPS) is 22.2. The van der Waals surface area contributed by atoms with Gasteiger partial charge < -0.3 is 0 Å². The van der Waals surface area contributed by atoms with E-state index < -0.39 is 0 Å². The van der Waals surface area contributed by atoms with Gasteiger partial charge in [0, 0.05) is 0 Å². The van der Waals surface area contributed by atoms with Crippen molar-refractivity contribution in [2.24, 2.45) is 0 Å². The summed E-state index contributed by atoms with van der Waals surface area (Å²) >= 11 is 3.50. The van der Waals surface area contributed by atoms with Crippen LogP contribution in [0, 0.1) is 0 Å². The van der Waals surface area contributed by atoms with Crippen molar-refractivity contribution in [3.8, 4) is 0 Å². The molecule has 0 spiro atoms. The third kappa shape index (κ3) is 1.04. The molecule has 0 amide bonds. The van der Waals surface area contributed by atoms with Crippen molar-refractivity contribution in [3.05, 3.63) is 0 Å². The number of hydrogen-bond donors (Lipinski definition) is 0. The zero-order valence-electron chi connectivity index (χ0n) is 3.78. The van der Waals surface area contributed by atoms with Crippen LogP contribution in [0.15, 0.2) is 0 Å². The molecule has 0 atom stereocenters. The fourth-order valence-corrected chi connectivity index (χ4v) is 5.87. The van der Waals surface area contributed by atoms with Gasteiger partial charge in [0.05, 0.1) is 0 Å². The summed E-state index contributed by atoms with van der Waals surface area (Å²) in [6.45, 7) is 0. The standard InChI is InChI=1S/C4H7.BrH.Zn/c1-2-4-3-1;;/h1H,2-4H2;1H;/q;;+1/p-1. The average molecular weight is 200 g/mol. The van der Waals surface area contributed by atoms with Gasteiger partial charge in [-0.2, -0.15) is 0 Å². The van der Waals surface area contributed by atoms with Crippen LogP contribution in [-0.4, -0.2) is 0 Å². The van der Waals surface area contributed by atoms with Crippen LogP contribution in [-0.2, 0) is 15.2 Å². The van der Waals surface area contributed by atoms with Gasteiger partial charge in [0.25, 0.3) is 0 Å². The van der Waals surface area contributed by atoms with Crippen molar-refractivity contribution in [1.82, 2.24) is 0 Å². The maximum absolute atomic E-state index is 3.61. The van der Waals surface area contributed by atoms with E-state index in [0.29, 0.717) is 0 Å². The SMILES string of the molecule is [Br][Zn][CH]1CCC1. The number of rotatable bonds is 1. The number of hydrogen-bond acceptors (Lipinski definition) is 0. The minimum atomic E-state index is -0.109. The summed E-state index contributed by atoms with van der Waals surface area (Å²) in [4.78, 5) is 0. The van der Waals surface area contributed by atoms with Crippen LogP contribution >= 0.6 is 13.6 Å². The van der Waals surface area contributed by atoms with E-state index in [1.54, 1.807) is 12.8 Å². The van der Waals surface area contributed by atoms with E-state index in [9.17, 15) is 0 Å². The van der Waals surface area contributed by atoms with E-state index in [2.05, 4.69) is 13.6 Å². The van der Waals surface area contributed by atoms with Crippen molar-refractivity contribution in [1.29, 1.82) is 0 Å². The van der Waals surface area contributed by atoms with Gasteiger partial charge >= 0.3 is 52.6 Å². The molecule has 0 N–H and O–H groups in total. The summed E-state index contributed by atoms with van der Waals surface area (Å²) in [5, 5.41) is 0. The Morgan fingerprint density at radius 2 is 2.17 bits per heavy atom. The van der Waals surface area contributed by atoms with E-state index in [0.717, 1.165) is 0 Å². The molecule has 1 rings (SSSR count). The van der Waals surface area contributed by atoms with Crippen molar-refractivity contribution >= 4 is 13.6 Å². The Morgan fingerprint density at radius 3 is 2.17 bits per heavy atom. The Balaban J connectivity index is 2.01. The monoisotopic (exact) mass is 198 g/mol. The van der Waals surface area contributed by atoms with E-state index in [1.807, 2.05) is 0 Å². The first-order chi connectivity index (χ1) is 2.93. The maximum atomic E-state index is 3.61. The van der Waals surface area contributed by atoms with Crippen LogP contribution in [0.5, 0.6) is 0 Å². The van der Waals surface area contributed by atoms with Gasteiger partial charge in [-0.3, -0.25) is 0 Å². The molecule has 0 heterocycles. The topological polar surface area (TPSA) is 0 Å². The summed E-state index contributed by atoms with van der Waals surface area (Å²) in [6, 6.07) is 0. The predicted octanol–water partition coefficient (Wildman–Crippen LogP) is 2.35. The zero-order chi connectivity index (χ0) is 4.41. The molecule has 1 saturated carbocycles. The Kier molecular flexibility index (Phi) is 2.12. The first kappa shape index (κ1) is 5.24. The van der Waals surface area contributed by atoms with Crippen molar-refractivity contribution < 1.29 is 15.2 Å². The van der Waals surface area contributed by atoms with Crippen LogP contribution in [0.4, 0.5) is 0 Å². The molecule has 0 nitrogen and oxygen atoms in total. The second kappa shape index (κ2) is 2.42. The fraction of sp³-hybridized carbons (Fsp3) is 1.00. The molecule has 0 radical (unpaired) electrons. The van der Waals surface area contributed by atoms with Gasteiger partial charge in [-0.25, -0.2) is 0 Å². The van der Waals surface area contributed by atoms with E-state index in [1.165, 1.54) is 10.9 Å². The summed E-state index contributed by atoms with van der Waals surface area (Å²) < 4.78 is 1.22. The average Bonchev–Trinajstić information content (AvgIpc) is 1.31. The molecule has 0 aliphatic heterocycles. The van der Waals surface area contributed by atoms with Gasteiger partial charge in [0.2, 0.25) is 0 Å². The third-order valence-electron chi connectivity index (χ3n) is 1.44. The summed E-state index contributed by atoms with van der Waals surface area (Å²) in [5.74, 6) is 0. The quantitative estimate of drug-likeness (QED) is 0.570. The molecule has 0 saturated heterocycles. The summed E-state index contributed by atoms with van der Waals surface area (Å²) in [5.41, 5.74) is 0. The molecule has 1 aliphatic rings. The first-order valence-electron chi connectivity index (χ1n) is 2.49. The molecule has 0 aromatic rings. The van der Waals surface area contributed by atoms with Crippen LogP contribution in [0.2, 0.25) is 4.51 Å². The molecule has 0 bridgehead atoms. The Hall–Kier alpha value is 1.10. The number of halogens is 1. The summed E-state index contributed by atoms with van der Waals surface area (Å²) in [7, 11) is 0. The van der Waals surface area contributed by atoms with E-state index in [-0.39, 0.29) is 15.2 Å². The molecule has 0 aromatic carbocycles. The fourth-order valence-electron chi connectivity index (χ4n) is 0.647. The van der Waals surface area contributed by atoms with Crippen LogP contribution in [0.25, 0.3) is 0 Å². The second-order valence-corrected chi connectivity index (χ2v) is 8.39. The molecule has 32 valence electrons. The molecule has 1 fully saturated rings. The van der Waals surface area contributed by atoms with Gasteiger partial charge in [-0.1, -0.05) is 0 Å². The Morgan fingerprint density at radius 1 is 1.50 bits per heavy atom. The van der Waals surface area contributed by atoms with Crippen molar-refractivity contribution in [3.63, 3.8) is 0 Å². The summed E-state index contributed by atoms with van der Waals surface area (Å²) in [6.07, 6.45) is 4.61. The predicted molar refractivity (Wildman–Crippen MR) is 26.5 cm³/mol. The minimum absolute atomic E-state index is 0.109. The molecule has 0 aromatic heterocycles. The third-order valence-corrected chi connectivity index (χ3v) is 8.83. The van der Waals surface area contributed by atoms with Gasteiger partial charge in [-0.05, 0) is 0 Å².